The van der Waals surface area contributed by atoms with Gasteiger partial charge in [0.05, 0.1) is 6.10 Å². The van der Waals surface area contributed by atoms with Gasteiger partial charge < -0.3 is 5.11 Å². The quantitative estimate of drug-likeness (QED) is 0.782. The van der Waals surface area contributed by atoms with E-state index in [0.717, 1.165) is 12.3 Å². The first kappa shape index (κ1) is 9.41. The van der Waals surface area contributed by atoms with Crippen LogP contribution in [0.2, 0.25) is 0 Å². The van der Waals surface area contributed by atoms with Gasteiger partial charge >= 0.3 is 0 Å². The fourth-order valence-corrected chi connectivity index (χ4v) is 3.23. The first-order chi connectivity index (χ1) is 7.34. The highest BCUT2D eigenvalue weighted by atomic mass is 16.3. The molecule has 0 saturated heterocycles. The average Bonchev–Trinajstić information content (AvgIpc) is 2.61. The molecule has 0 radical (unpaired) electrons. The molecule has 3 atom stereocenters. The maximum absolute atomic E-state index is 9.81. The molecule has 80 valence electrons. The smallest absolute Gasteiger partial charge is 0.0568 e. The molecule has 3 rings (SSSR count). The maximum Gasteiger partial charge on any atom is 0.0568 e. The van der Waals surface area contributed by atoms with E-state index in [1.54, 1.807) is 0 Å². The van der Waals surface area contributed by atoms with Crippen molar-refractivity contribution in [1.29, 1.82) is 0 Å². The van der Waals surface area contributed by atoms with E-state index >= 15 is 0 Å². The fourth-order valence-electron chi connectivity index (χ4n) is 3.23. The number of benzene rings is 1. The standard InChI is InChI=1S/C14H18O/c15-14-7-3-5-11(14)9-12-8-10-4-1-2-6-13(10)12/h1-2,4,6,11-12,14-15H,3,5,7-9H2. The Bertz CT molecular complexity index is 358. The van der Waals surface area contributed by atoms with Gasteiger partial charge in [-0.15, -0.1) is 0 Å². The summed E-state index contributed by atoms with van der Waals surface area (Å²) in [6, 6.07) is 8.75. The Morgan fingerprint density at radius 2 is 2.07 bits per heavy atom. The molecule has 1 saturated carbocycles. The number of hydrogen-bond acceptors (Lipinski definition) is 1. The summed E-state index contributed by atoms with van der Waals surface area (Å²) in [5, 5.41) is 9.81. The molecule has 0 spiro atoms. The molecule has 1 fully saturated rings. The van der Waals surface area contributed by atoms with Crippen molar-refractivity contribution >= 4 is 0 Å². The summed E-state index contributed by atoms with van der Waals surface area (Å²) < 4.78 is 0. The third-order valence-corrected chi connectivity index (χ3v) is 4.17. The van der Waals surface area contributed by atoms with Crippen LogP contribution in [0.1, 0.15) is 42.7 Å². The zero-order valence-electron chi connectivity index (χ0n) is 9.02. The van der Waals surface area contributed by atoms with Gasteiger partial charge in [-0.1, -0.05) is 30.7 Å². The minimum atomic E-state index is -0.0160. The molecule has 0 aliphatic heterocycles. The Labute approximate surface area is 91.1 Å². The molecular weight excluding hydrogens is 184 g/mol. The lowest BCUT2D eigenvalue weighted by Gasteiger charge is -2.32. The van der Waals surface area contributed by atoms with Crippen LogP contribution in [0, 0.1) is 5.92 Å². The zero-order chi connectivity index (χ0) is 10.3. The molecule has 2 aliphatic rings. The van der Waals surface area contributed by atoms with Crippen molar-refractivity contribution in [3.63, 3.8) is 0 Å². The summed E-state index contributed by atoms with van der Waals surface area (Å²) in [4.78, 5) is 0. The average molecular weight is 202 g/mol. The summed E-state index contributed by atoms with van der Waals surface area (Å²) in [6.07, 6.45) is 5.91. The molecule has 1 aromatic rings. The summed E-state index contributed by atoms with van der Waals surface area (Å²) in [6.45, 7) is 0. The van der Waals surface area contributed by atoms with Gasteiger partial charge in [0.15, 0.2) is 0 Å². The van der Waals surface area contributed by atoms with Gasteiger partial charge in [0, 0.05) is 0 Å². The van der Waals surface area contributed by atoms with E-state index in [4.69, 9.17) is 0 Å². The summed E-state index contributed by atoms with van der Waals surface area (Å²) in [5.41, 5.74) is 3.06. The van der Waals surface area contributed by atoms with Gasteiger partial charge in [-0.05, 0) is 48.6 Å². The van der Waals surface area contributed by atoms with Crippen LogP contribution >= 0.6 is 0 Å². The lowest BCUT2D eigenvalue weighted by molar-refractivity contribution is 0.122. The Balaban J connectivity index is 1.67. The van der Waals surface area contributed by atoms with E-state index in [1.807, 2.05) is 0 Å². The fraction of sp³-hybridized carbons (Fsp3) is 0.571. The van der Waals surface area contributed by atoms with Gasteiger partial charge in [-0.3, -0.25) is 0 Å². The van der Waals surface area contributed by atoms with Crippen molar-refractivity contribution in [2.75, 3.05) is 0 Å². The molecule has 1 nitrogen and oxygen atoms in total. The van der Waals surface area contributed by atoms with Crippen LogP contribution in [0.4, 0.5) is 0 Å². The molecule has 15 heavy (non-hydrogen) atoms. The van der Waals surface area contributed by atoms with Gasteiger partial charge in [0.1, 0.15) is 0 Å². The topological polar surface area (TPSA) is 20.2 Å². The number of rotatable bonds is 2. The van der Waals surface area contributed by atoms with Gasteiger partial charge in [-0.2, -0.15) is 0 Å². The first-order valence-corrected chi connectivity index (χ1v) is 6.10. The van der Waals surface area contributed by atoms with Crippen LogP contribution in [0.3, 0.4) is 0 Å². The molecule has 1 N–H and O–H groups in total. The third-order valence-electron chi connectivity index (χ3n) is 4.17. The molecule has 0 heterocycles. The van der Waals surface area contributed by atoms with E-state index in [2.05, 4.69) is 24.3 Å². The summed E-state index contributed by atoms with van der Waals surface area (Å²) in [5.74, 6) is 1.31. The number of aliphatic hydroxyl groups excluding tert-OH is 1. The monoisotopic (exact) mass is 202 g/mol. The van der Waals surface area contributed by atoms with Gasteiger partial charge in [0.25, 0.3) is 0 Å². The van der Waals surface area contributed by atoms with Crippen molar-refractivity contribution in [2.45, 2.75) is 44.1 Å². The first-order valence-electron chi connectivity index (χ1n) is 6.10. The molecule has 1 aromatic carbocycles. The summed E-state index contributed by atoms with van der Waals surface area (Å²) in [7, 11) is 0. The normalized spacial score (nSPS) is 33.5. The molecule has 3 unspecified atom stereocenters. The number of hydrogen-bond donors (Lipinski definition) is 1. The van der Waals surface area contributed by atoms with Gasteiger partial charge in [-0.25, -0.2) is 0 Å². The second-order valence-electron chi connectivity index (χ2n) is 5.09. The minimum absolute atomic E-state index is 0.0160. The molecular formula is C14H18O. The van der Waals surface area contributed by atoms with Crippen molar-refractivity contribution in [3.8, 4) is 0 Å². The molecule has 0 aromatic heterocycles. The van der Waals surface area contributed by atoms with E-state index in [-0.39, 0.29) is 6.10 Å². The van der Waals surface area contributed by atoms with Crippen molar-refractivity contribution < 1.29 is 5.11 Å². The van der Waals surface area contributed by atoms with Crippen molar-refractivity contribution in [2.24, 2.45) is 5.92 Å². The second kappa shape index (κ2) is 3.64. The number of aliphatic hydroxyl groups is 1. The van der Waals surface area contributed by atoms with E-state index in [9.17, 15) is 5.11 Å². The van der Waals surface area contributed by atoms with Crippen LogP contribution < -0.4 is 0 Å². The third kappa shape index (κ3) is 1.59. The van der Waals surface area contributed by atoms with Crippen LogP contribution in [0.5, 0.6) is 0 Å². The van der Waals surface area contributed by atoms with Gasteiger partial charge in [0.2, 0.25) is 0 Å². The van der Waals surface area contributed by atoms with Crippen molar-refractivity contribution in [3.05, 3.63) is 35.4 Å². The maximum atomic E-state index is 9.81. The van der Waals surface area contributed by atoms with Crippen molar-refractivity contribution in [1.82, 2.24) is 0 Å². The lowest BCUT2D eigenvalue weighted by atomic mass is 9.73. The van der Waals surface area contributed by atoms with Crippen LogP contribution in [0.25, 0.3) is 0 Å². The van der Waals surface area contributed by atoms with Crippen LogP contribution in [0.15, 0.2) is 24.3 Å². The SMILES string of the molecule is OC1CCCC1CC1Cc2ccccc21. The zero-order valence-corrected chi connectivity index (χ0v) is 9.02. The van der Waals surface area contributed by atoms with E-state index in [0.29, 0.717) is 5.92 Å². The lowest BCUT2D eigenvalue weighted by Crippen LogP contribution is -2.23. The largest absolute Gasteiger partial charge is 0.393 e. The van der Waals surface area contributed by atoms with Crippen LogP contribution in [-0.4, -0.2) is 11.2 Å². The highest BCUT2D eigenvalue weighted by molar-refractivity contribution is 5.39. The Kier molecular flexibility index (Phi) is 2.28. The highest BCUT2D eigenvalue weighted by Gasteiger charge is 2.32. The molecule has 2 aliphatic carbocycles. The predicted octanol–water partition coefficient (Wildman–Crippen LogP) is 2.88. The Hall–Kier alpha value is -0.820. The second-order valence-corrected chi connectivity index (χ2v) is 5.09. The van der Waals surface area contributed by atoms with E-state index in [1.165, 1.54) is 36.8 Å². The molecule has 1 heteroatoms. The summed E-state index contributed by atoms with van der Waals surface area (Å²) >= 11 is 0. The van der Waals surface area contributed by atoms with E-state index < -0.39 is 0 Å². The van der Waals surface area contributed by atoms with Crippen LogP contribution in [-0.2, 0) is 6.42 Å². The Morgan fingerprint density at radius 3 is 2.80 bits per heavy atom. The number of fused-ring (bicyclic) bond motifs is 1. The Morgan fingerprint density at radius 1 is 1.20 bits per heavy atom. The minimum Gasteiger partial charge on any atom is -0.393 e. The molecule has 0 bridgehead atoms. The molecule has 0 amide bonds. The predicted molar refractivity (Wildman–Crippen MR) is 60.9 cm³/mol. The highest BCUT2D eigenvalue weighted by Crippen LogP contribution is 2.42.